The van der Waals surface area contributed by atoms with Gasteiger partial charge in [-0.2, -0.15) is 5.10 Å². The molecule has 1 amide bonds. The Bertz CT molecular complexity index is 954. The van der Waals surface area contributed by atoms with E-state index >= 15 is 0 Å². The summed E-state index contributed by atoms with van der Waals surface area (Å²) in [4.78, 5) is 12.8. The molecule has 2 N–H and O–H groups in total. The van der Waals surface area contributed by atoms with Crippen LogP contribution in [0.2, 0.25) is 0 Å². The van der Waals surface area contributed by atoms with E-state index in [1.165, 1.54) is 12.1 Å². The maximum atomic E-state index is 13.3. The van der Waals surface area contributed by atoms with Gasteiger partial charge in [-0.25, -0.2) is 9.07 Å². The first-order chi connectivity index (χ1) is 14.1. The van der Waals surface area contributed by atoms with Gasteiger partial charge in [0.05, 0.1) is 17.9 Å². The van der Waals surface area contributed by atoms with Crippen LogP contribution in [-0.2, 0) is 4.74 Å². The summed E-state index contributed by atoms with van der Waals surface area (Å²) < 4.78 is 19.8. The molecule has 7 heteroatoms. The van der Waals surface area contributed by atoms with E-state index in [1.54, 1.807) is 30.1 Å². The van der Waals surface area contributed by atoms with Crippen molar-refractivity contribution >= 4 is 5.91 Å². The number of carbonyl (C=O) groups is 1. The Balaban J connectivity index is 1.83. The molecule has 0 fully saturated rings. The van der Waals surface area contributed by atoms with Crippen molar-refractivity contribution in [2.24, 2.45) is 0 Å². The van der Waals surface area contributed by atoms with Crippen LogP contribution in [0.4, 0.5) is 4.39 Å². The topological polar surface area (TPSA) is 68.2 Å². The van der Waals surface area contributed by atoms with Gasteiger partial charge in [-0.3, -0.25) is 4.79 Å². The summed E-state index contributed by atoms with van der Waals surface area (Å²) in [5.41, 5.74) is 3.67. The van der Waals surface area contributed by atoms with Crippen LogP contribution in [0.5, 0.6) is 0 Å². The minimum absolute atomic E-state index is 0.205. The lowest BCUT2D eigenvalue weighted by atomic mass is 10.1. The number of benzene rings is 2. The van der Waals surface area contributed by atoms with E-state index in [0.29, 0.717) is 36.6 Å². The summed E-state index contributed by atoms with van der Waals surface area (Å²) in [6.07, 6.45) is 1.68. The highest BCUT2D eigenvalue weighted by Gasteiger charge is 2.18. The van der Waals surface area contributed by atoms with Crippen LogP contribution < -0.4 is 10.6 Å². The van der Waals surface area contributed by atoms with Crippen LogP contribution in [0.25, 0.3) is 16.9 Å². The van der Waals surface area contributed by atoms with Crippen molar-refractivity contribution in [2.45, 2.75) is 6.92 Å². The van der Waals surface area contributed by atoms with Gasteiger partial charge in [0.15, 0.2) is 0 Å². The molecule has 0 aliphatic heterocycles. The standard InChI is InChI=1S/C22H25FN4O2/c1-16-4-3-5-17(14-16)21-20(22(28)25-11-10-24-12-13-29-2)15-27(26-21)19-8-6-18(23)7-9-19/h3-9,14-15,24H,10-13H2,1-2H3,(H,25,28). The highest BCUT2D eigenvalue weighted by molar-refractivity contribution is 6.00. The van der Waals surface area contributed by atoms with Gasteiger partial charge in [0.2, 0.25) is 0 Å². The molecule has 152 valence electrons. The number of halogens is 1. The highest BCUT2D eigenvalue weighted by Crippen LogP contribution is 2.24. The van der Waals surface area contributed by atoms with E-state index in [2.05, 4.69) is 15.7 Å². The zero-order valence-electron chi connectivity index (χ0n) is 16.6. The number of carbonyl (C=O) groups excluding carboxylic acids is 1. The van der Waals surface area contributed by atoms with Crippen molar-refractivity contribution < 1.29 is 13.9 Å². The molecule has 6 nitrogen and oxygen atoms in total. The molecule has 0 atom stereocenters. The van der Waals surface area contributed by atoms with Crippen LogP contribution in [0.15, 0.2) is 54.7 Å². The van der Waals surface area contributed by atoms with E-state index in [-0.39, 0.29) is 11.7 Å². The Morgan fingerprint density at radius 3 is 2.66 bits per heavy atom. The van der Waals surface area contributed by atoms with Crippen LogP contribution in [0.1, 0.15) is 15.9 Å². The lowest BCUT2D eigenvalue weighted by Crippen LogP contribution is -2.33. The zero-order valence-corrected chi connectivity index (χ0v) is 16.6. The van der Waals surface area contributed by atoms with Gasteiger partial charge in [0.1, 0.15) is 11.5 Å². The van der Waals surface area contributed by atoms with Crippen molar-refractivity contribution in [3.63, 3.8) is 0 Å². The number of hydrogen-bond donors (Lipinski definition) is 2. The van der Waals surface area contributed by atoms with Crippen LogP contribution >= 0.6 is 0 Å². The molecule has 29 heavy (non-hydrogen) atoms. The number of amides is 1. The molecule has 2 aromatic carbocycles. The first-order valence-corrected chi connectivity index (χ1v) is 9.49. The first-order valence-electron chi connectivity index (χ1n) is 9.49. The molecule has 3 aromatic rings. The fourth-order valence-electron chi connectivity index (χ4n) is 2.93. The van der Waals surface area contributed by atoms with Gasteiger partial charge < -0.3 is 15.4 Å². The second kappa shape index (κ2) is 9.95. The van der Waals surface area contributed by atoms with Gasteiger partial charge in [0.25, 0.3) is 5.91 Å². The number of nitrogens with one attached hydrogen (secondary N) is 2. The molecule has 0 saturated heterocycles. The van der Waals surface area contributed by atoms with Crippen LogP contribution in [0.3, 0.4) is 0 Å². The van der Waals surface area contributed by atoms with Crippen molar-refractivity contribution in [1.29, 1.82) is 0 Å². The van der Waals surface area contributed by atoms with Crippen LogP contribution in [-0.4, -0.2) is 49.0 Å². The van der Waals surface area contributed by atoms with Gasteiger partial charge in [0, 0.05) is 38.5 Å². The molecule has 0 unspecified atom stereocenters. The SMILES string of the molecule is COCCNCCNC(=O)c1cn(-c2ccc(F)cc2)nc1-c1cccc(C)c1. The van der Waals surface area contributed by atoms with Crippen molar-refractivity contribution in [3.8, 4) is 16.9 Å². The third kappa shape index (κ3) is 5.49. The average Bonchev–Trinajstić information content (AvgIpc) is 3.16. The fraction of sp³-hybridized carbons (Fsp3) is 0.273. The molecule has 1 aromatic heterocycles. The summed E-state index contributed by atoms with van der Waals surface area (Å²) in [5.74, 6) is -0.526. The predicted molar refractivity (Wildman–Crippen MR) is 111 cm³/mol. The summed E-state index contributed by atoms with van der Waals surface area (Å²) in [7, 11) is 1.65. The quantitative estimate of drug-likeness (QED) is 0.546. The lowest BCUT2D eigenvalue weighted by Gasteiger charge is -2.07. The third-order valence-electron chi connectivity index (χ3n) is 4.41. The number of hydrogen-bond acceptors (Lipinski definition) is 4. The maximum Gasteiger partial charge on any atom is 0.255 e. The second-order valence-corrected chi connectivity index (χ2v) is 6.68. The Morgan fingerprint density at radius 2 is 1.93 bits per heavy atom. The number of aryl methyl sites for hydroxylation is 1. The normalized spacial score (nSPS) is 10.9. The number of ether oxygens (including phenoxy) is 1. The summed E-state index contributed by atoms with van der Waals surface area (Å²) in [5, 5.41) is 10.7. The molecule has 0 aliphatic carbocycles. The van der Waals surface area contributed by atoms with Crippen LogP contribution in [0, 0.1) is 12.7 Å². The third-order valence-corrected chi connectivity index (χ3v) is 4.41. The van der Waals surface area contributed by atoms with Gasteiger partial charge >= 0.3 is 0 Å². The summed E-state index contributed by atoms with van der Waals surface area (Å²) in [6.45, 7) is 4.46. The molecule has 3 rings (SSSR count). The van der Waals surface area contributed by atoms with Gasteiger partial charge in [-0.05, 0) is 37.3 Å². The molecular formula is C22H25FN4O2. The molecule has 0 bridgehead atoms. The first kappa shape index (κ1) is 20.7. The summed E-state index contributed by atoms with van der Waals surface area (Å²) >= 11 is 0. The monoisotopic (exact) mass is 396 g/mol. The van der Waals surface area contributed by atoms with E-state index in [0.717, 1.165) is 17.7 Å². The molecule has 0 spiro atoms. The number of aromatic nitrogens is 2. The second-order valence-electron chi connectivity index (χ2n) is 6.68. The van der Waals surface area contributed by atoms with E-state index in [4.69, 9.17) is 4.74 Å². The van der Waals surface area contributed by atoms with Crippen molar-refractivity contribution in [2.75, 3.05) is 33.4 Å². The molecule has 0 radical (unpaired) electrons. The molecular weight excluding hydrogens is 371 g/mol. The Morgan fingerprint density at radius 1 is 1.14 bits per heavy atom. The van der Waals surface area contributed by atoms with E-state index in [1.807, 2.05) is 31.2 Å². The summed E-state index contributed by atoms with van der Waals surface area (Å²) in [6, 6.07) is 13.8. The minimum Gasteiger partial charge on any atom is -0.383 e. The minimum atomic E-state index is -0.321. The Hall–Kier alpha value is -3.03. The fourth-order valence-corrected chi connectivity index (χ4v) is 2.93. The largest absolute Gasteiger partial charge is 0.383 e. The molecule has 0 saturated carbocycles. The lowest BCUT2D eigenvalue weighted by molar-refractivity contribution is 0.0954. The van der Waals surface area contributed by atoms with Crippen molar-refractivity contribution in [3.05, 3.63) is 71.7 Å². The number of methoxy groups -OCH3 is 1. The average molecular weight is 396 g/mol. The number of rotatable bonds is 9. The van der Waals surface area contributed by atoms with E-state index < -0.39 is 0 Å². The smallest absolute Gasteiger partial charge is 0.255 e. The van der Waals surface area contributed by atoms with Gasteiger partial charge in [-0.15, -0.1) is 0 Å². The van der Waals surface area contributed by atoms with E-state index in [9.17, 15) is 9.18 Å². The number of nitrogens with zero attached hydrogens (tertiary/aromatic N) is 2. The molecule has 1 heterocycles. The maximum absolute atomic E-state index is 13.3. The Kier molecular flexibility index (Phi) is 7.10. The zero-order chi connectivity index (χ0) is 20.6. The van der Waals surface area contributed by atoms with Gasteiger partial charge in [-0.1, -0.05) is 23.8 Å². The highest BCUT2D eigenvalue weighted by atomic mass is 19.1. The van der Waals surface area contributed by atoms with Crippen molar-refractivity contribution in [1.82, 2.24) is 20.4 Å². The molecule has 0 aliphatic rings. The predicted octanol–water partition coefficient (Wildman–Crippen LogP) is 2.95. The Labute approximate surface area is 169 Å².